The van der Waals surface area contributed by atoms with Crippen molar-refractivity contribution in [2.75, 3.05) is 25.1 Å². The molecule has 1 amide bonds. The summed E-state index contributed by atoms with van der Waals surface area (Å²) in [5.41, 5.74) is 3.94. The highest BCUT2D eigenvalue weighted by atomic mass is 16.5. The summed E-state index contributed by atoms with van der Waals surface area (Å²) in [6.07, 6.45) is 0.843. The average molecular weight is 381 g/mol. The summed E-state index contributed by atoms with van der Waals surface area (Å²) in [6.45, 7) is 7.96. The van der Waals surface area contributed by atoms with Crippen molar-refractivity contribution in [1.29, 1.82) is 0 Å². The molecule has 6 nitrogen and oxygen atoms in total. The molecule has 0 saturated heterocycles. The second-order valence-electron chi connectivity index (χ2n) is 6.73. The molecule has 0 aliphatic rings. The van der Waals surface area contributed by atoms with Gasteiger partial charge in [-0.1, -0.05) is 24.3 Å². The second kappa shape index (κ2) is 9.37. The van der Waals surface area contributed by atoms with Crippen molar-refractivity contribution in [2.45, 2.75) is 33.7 Å². The van der Waals surface area contributed by atoms with Crippen LogP contribution < -0.4 is 10.1 Å². The highest BCUT2D eigenvalue weighted by Gasteiger charge is 2.14. The highest BCUT2D eigenvalue weighted by molar-refractivity contribution is 5.92. The molecule has 0 spiro atoms. The number of aromatic nitrogens is 2. The van der Waals surface area contributed by atoms with Crippen LogP contribution in [0.3, 0.4) is 0 Å². The van der Waals surface area contributed by atoms with Gasteiger partial charge in [-0.2, -0.15) is 0 Å². The average Bonchev–Trinajstić information content (AvgIpc) is 3.03. The maximum absolute atomic E-state index is 12.5. The lowest BCUT2D eigenvalue weighted by molar-refractivity contribution is -0.118. The first-order valence-corrected chi connectivity index (χ1v) is 9.61. The van der Waals surface area contributed by atoms with E-state index >= 15 is 0 Å². The molecular formula is C22H27N3O3. The fraction of sp³-hybridized carbons (Fsp3) is 0.364. The molecule has 3 rings (SSSR count). The Morgan fingerprint density at radius 3 is 2.82 bits per heavy atom. The summed E-state index contributed by atoms with van der Waals surface area (Å²) < 4.78 is 13.2. The fourth-order valence-electron chi connectivity index (χ4n) is 3.03. The van der Waals surface area contributed by atoms with E-state index in [1.807, 2.05) is 67.8 Å². The van der Waals surface area contributed by atoms with E-state index in [0.717, 1.165) is 34.3 Å². The number of imidazole rings is 1. The predicted molar refractivity (Wildman–Crippen MR) is 111 cm³/mol. The number of nitrogens with zero attached hydrogens (tertiary/aromatic N) is 2. The van der Waals surface area contributed by atoms with Gasteiger partial charge >= 0.3 is 0 Å². The predicted octanol–water partition coefficient (Wildman–Crippen LogP) is 4.10. The number of carbonyl (C=O) groups is 1. The maximum Gasteiger partial charge on any atom is 0.264 e. The van der Waals surface area contributed by atoms with Gasteiger partial charge in [0.2, 0.25) is 5.95 Å². The normalized spacial score (nSPS) is 11.0. The molecule has 6 heteroatoms. The minimum Gasteiger partial charge on any atom is -0.483 e. The highest BCUT2D eigenvalue weighted by Crippen LogP contribution is 2.21. The number of carbonyl (C=O) groups excluding carboxylic acids is 1. The number of fused-ring (bicyclic) bond motifs is 1. The molecule has 148 valence electrons. The lowest BCUT2D eigenvalue weighted by Gasteiger charge is -2.12. The molecule has 1 heterocycles. The van der Waals surface area contributed by atoms with Gasteiger partial charge in [-0.15, -0.1) is 0 Å². The molecule has 0 aliphatic heterocycles. The number of ether oxygens (including phenoxy) is 2. The molecule has 0 saturated carbocycles. The third kappa shape index (κ3) is 4.89. The molecule has 28 heavy (non-hydrogen) atoms. The molecule has 0 unspecified atom stereocenters. The molecule has 1 aromatic heterocycles. The molecule has 0 fully saturated rings. The van der Waals surface area contributed by atoms with Gasteiger partial charge in [0, 0.05) is 19.8 Å². The van der Waals surface area contributed by atoms with Gasteiger partial charge < -0.3 is 14.0 Å². The van der Waals surface area contributed by atoms with Gasteiger partial charge in [-0.05, 0) is 56.5 Å². The largest absolute Gasteiger partial charge is 0.483 e. The van der Waals surface area contributed by atoms with Crippen molar-refractivity contribution in [3.63, 3.8) is 0 Å². The van der Waals surface area contributed by atoms with E-state index in [4.69, 9.17) is 9.47 Å². The zero-order valence-corrected chi connectivity index (χ0v) is 16.7. The number of amides is 1. The van der Waals surface area contributed by atoms with Crippen LogP contribution in [0.25, 0.3) is 11.0 Å². The molecule has 3 aromatic rings. The van der Waals surface area contributed by atoms with Crippen LogP contribution in [0, 0.1) is 13.8 Å². The molecular weight excluding hydrogens is 354 g/mol. The number of nitrogens with one attached hydrogen (secondary N) is 1. The van der Waals surface area contributed by atoms with Crippen LogP contribution in [0.4, 0.5) is 5.95 Å². The van der Waals surface area contributed by atoms with Crippen LogP contribution in [0.1, 0.15) is 24.5 Å². The van der Waals surface area contributed by atoms with Gasteiger partial charge in [-0.3, -0.25) is 10.1 Å². The Kier molecular flexibility index (Phi) is 6.66. The van der Waals surface area contributed by atoms with Gasteiger partial charge in [0.25, 0.3) is 5.91 Å². The second-order valence-corrected chi connectivity index (χ2v) is 6.73. The third-order valence-electron chi connectivity index (χ3n) is 4.48. The Labute approximate surface area is 165 Å². The summed E-state index contributed by atoms with van der Waals surface area (Å²) in [6, 6.07) is 13.8. The molecule has 0 radical (unpaired) electrons. The van der Waals surface area contributed by atoms with Crippen molar-refractivity contribution in [1.82, 2.24) is 9.55 Å². The number of aryl methyl sites for hydroxylation is 3. The van der Waals surface area contributed by atoms with Gasteiger partial charge in [0.1, 0.15) is 5.75 Å². The third-order valence-corrected chi connectivity index (χ3v) is 4.48. The zero-order valence-electron chi connectivity index (χ0n) is 16.7. The summed E-state index contributed by atoms with van der Waals surface area (Å²) >= 11 is 0. The van der Waals surface area contributed by atoms with E-state index in [2.05, 4.69) is 10.3 Å². The zero-order chi connectivity index (χ0) is 19.9. The monoisotopic (exact) mass is 381 g/mol. The molecule has 0 atom stereocenters. The minimum absolute atomic E-state index is 0.0631. The Bertz CT molecular complexity index is 949. The first-order chi connectivity index (χ1) is 13.6. The fourth-order valence-corrected chi connectivity index (χ4v) is 3.03. The summed E-state index contributed by atoms with van der Waals surface area (Å²) in [5.74, 6) is 1.02. The Hall–Kier alpha value is -2.86. The Morgan fingerprint density at radius 1 is 1.18 bits per heavy atom. The topological polar surface area (TPSA) is 65.4 Å². The van der Waals surface area contributed by atoms with Crippen molar-refractivity contribution in [3.05, 3.63) is 53.6 Å². The van der Waals surface area contributed by atoms with Crippen LogP contribution in [0.5, 0.6) is 5.75 Å². The standard InChI is InChI=1S/C22H27N3O3/c1-4-27-13-7-12-25-19-9-6-5-8-18(19)23-22(25)24-21(26)15-28-20-14-16(2)10-11-17(20)3/h5-6,8-11,14H,4,7,12-13,15H2,1-3H3,(H,23,24,26). The number of hydrogen-bond donors (Lipinski definition) is 1. The first kappa shape index (κ1) is 19.9. The molecule has 0 aliphatic carbocycles. The van der Waals surface area contributed by atoms with E-state index in [1.54, 1.807) is 0 Å². The number of hydrogen-bond acceptors (Lipinski definition) is 4. The van der Waals surface area contributed by atoms with E-state index < -0.39 is 0 Å². The minimum atomic E-state index is -0.234. The van der Waals surface area contributed by atoms with Gasteiger partial charge in [0.15, 0.2) is 6.61 Å². The summed E-state index contributed by atoms with van der Waals surface area (Å²) in [7, 11) is 0. The van der Waals surface area contributed by atoms with E-state index in [9.17, 15) is 4.79 Å². The first-order valence-electron chi connectivity index (χ1n) is 9.61. The van der Waals surface area contributed by atoms with Crippen molar-refractivity contribution >= 4 is 22.9 Å². The molecule has 0 bridgehead atoms. The number of benzene rings is 2. The van der Waals surface area contributed by atoms with Crippen LogP contribution in [-0.4, -0.2) is 35.3 Å². The maximum atomic E-state index is 12.5. The number of rotatable bonds is 9. The van der Waals surface area contributed by atoms with Gasteiger partial charge in [0.05, 0.1) is 11.0 Å². The van der Waals surface area contributed by atoms with Crippen molar-refractivity contribution in [2.24, 2.45) is 0 Å². The quantitative estimate of drug-likeness (QED) is 0.567. The smallest absolute Gasteiger partial charge is 0.264 e. The lowest BCUT2D eigenvalue weighted by atomic mass is 10.1. The number of anilines is 1. The summed E-state index contributed by atoms with van der Waals surface area (Å²) in [5, 5.41) is 2.89. The van der Waals surface area contributed by atoms with Crippen LogP contribution in [-0.2, 0) is 16.1 Å². The lowest BCUT2D eigenvalue weighted by Crippen LogP contribution is -2.23. The SMILES string of the molecule is CCOCCCn1c(NC(=O)COc2cc(C)ccc2C)nc2ccccc21. The van der Waals surface area contributed by atoms with Gasteiger partial charge in [-0.25, -0.2) is 4.98 Å². The van der Waals surface area contributed by atoms with Crippen LogP contribution in [0.15, 0.2) is 42.5 Å². The van der Waals surface area contributed by atoms with Crippen molar-refractivity contribution in [3.8, 4) is 5.75 Å². The summed E-state index contributed by atoms with van der Waals surface area (Å²) in [4.78, 5) is 17.0. The van der Waals surface area contributed by atoms with Crippen LogP contribution in [0.2, 0.25) is 0 Å². The Morgan fingerprint density at radius 2 is 2.00 bits per heavy atom. The van der Waals surface area contributed by atoms with E-state index in [0.29, 0.717) is 25.7 Å². The number of para-hydroxylation sites is 2. The van der Waals surface area contributed by atoms with Crippen LogP contribution >= 0.6 is 0 Å². The Balaban J connectivity index is 1.69. The van der Waals surface area contributed by atoms with E-state index in [1.165, 1.54) is 0 Å². The van der Waals surface area contributed by atoms with E-state index in [-0.39, 0.29) is 12.5 Å². The van der Waals surface area contributed by atoms with Crippen molar-refractivity contribution < 1.29 is 14.3 Å². The molecule has 2 aromatic carbocycles. The molecule has 1 N–H and O–H groups in total.